The van der Waals surface area contributed by atoms with E-state index in [1.807, 2.05) is 0 Å². The molecule has 18 heavy (non-hydrogen) atoms. The van der Waals surface area contributed by atoms with Crippen LogP contribution in [-0.4, -0.2) is 9.85 Å². The van der Waals surface area contributed by atoms with Crippen molar-refractivity contribution in [2.75, 3.05) is 0 Å². The molecule has 0 heterocycles. The molecule has 3 rings (SSSR count). The fourth-order valence-corrected chi connectivity index (χ4v) is 2.60. The molecular weight excluding hydrogens is 236 g/mol. The van der Waals surface area contributed by atoms with Gasteiger partial charge in [-0.2, -0.15) is 0 Å². The van der Waals surface area contributed by atoms with Crippen molar-refractivity contribution in [2.24, 2.45) is 0 Å². The molecule has 0 aromatic heterocycles. The van der Waals surface area contributed by atoms with Gasteiger partial charge in [-0.25, -0.2) is 0 Å². The van der Waals surface area contributed by atoms with Crippen molar-refractivity contribution in [1.82, 2.24) is 0 Å². The summed E-state index contributed by atoms with van der Waals surface area (Å²) in [6.07, 6.45) is 1.57. The lowest BCUT2D eigenvalue weighted by Crippen LogP contribution is -1.96. The molecule has 2 aromatic rings. The second kappa shape index (κ2) is 3.49. The molecule has 1 aliphatic carbocycles. The minimum atomic E-state index is -0.561. The normalized spacial score (nSPS) is 12.9. The van der Waals surface area contributed by atoms with E-state index < -0.39 is 9.85 Å². The van der Waals surface area contributed by atoms with Crippen LogP contribution in [-0.2, 0) is 12.8 Å². The topological polar surface area (TPSA) is 86.3 Å². The van der Waals surface area contributed by atoms with Gasteiger partial charge in [0.1, 0.15) is 5.39 Å². The second-order valence-corrected chi connectivity index (χ2v) is 4.25. The highest BCUT2D eigenvalue weighted by Crippen LogP contribution is 2.41. The summed E-state index contributed by atoms with van der Waals surface area (Å²) in [5.74, 6) is 0. The average molecular weight is 244 g/mol. The molecule has 0 spiro atoms. The Balaban J connectivity index is 2.53. The summed E-state index contributed by atoms with van der Waals surface area (Å²) in [5.41, 5.74) is 1.53. The van der Waals surface area contributed by atoms with E-state index in [0.717, 1.165) is 24.0 Å². The largest absolute Gasteiger partial charge is 0.284 e. The Kier molecular flexibility index (Phi) is 2.07. The summed E-state index contributed by atoms with van der Waals surface area (Å²) in [4.78, 5) is 20.9. The molecule has 90 valence electrons. The van der Waals surface area contributed by atoms with Gasteiger partial charge in [0.25, 0.3) is 11.4 Å². The monoisotopic (exact) mass is 244 g/mol. The SMILES string of the molecule is O=[N+]([O-])c1ccc2c3c(ccc([N+](=O)[O-])c13)CC2. The van der Waals surface area contributed by atoms with E-state index in [4.69, 9.17) is 0 Å². The maximum Gasteiger partial charge on any atom is 0.284 e. The van der Waals surface area contributed by atoms with Crippen LogP contribution in [0.1, 0.15) is 11.1 Å². The van der Waals surface area contributed by atoms with E-state index in [9.17, 15) is 20.2 Å². The first-order valence-corrected chi connectivity index (χ1v) is 5.46. The number of nitro groups is 2. The van der Waals surface area contributed by atoms with Crippen LogP contribution in [0.5, 0.6) is 0 Å². The van der Waals surface area contributed by atoms with Crippen LogP contribution in [0.15, 0.2) is 24.3 Å². The molecule has 0 saturated heterocycles. The third-order valence-electron chi connectivity index (χ3n) is 3.35. The number of hydrogen-bond acceptors (Lipinski definition) is 4. The fourth-order valence-electron chi connectivity index (χ4n) is 2.60. The zero-order valence-electron chi connectivity index (χ0n) is 9.25. The molecule has 1 aliphatic rings. The Hall–Kier alpha value is -2.50. The van der Waals surface area contributed by atoms with Crippen molar-refractivity contribution < 1.29 is 9.85 Å². The lowest BCUT2D eigenvalue weighted by molar-refractivity contribution is -0.390. The van der Waals surface area contributed by atoms with Gasteiger partial charge in [0.05, 0.1) is 9.85 Å². The first kappa shape index (κ1) is 10.6. The first-order chi connectivity index (χ1) is 8.59. The Morgan fingerprint density at radius 2 is 1.22 bits per heavy atom. The summed E-state index contributed by atoms with van der Waals surface area (Å²) in [6, 6.07) is 6.11. The molecular formula is C12H8N2O4. The van der Waals surface area contributed by atoms with Crippen LogP contribution in [0.2, 0.25) is 0 Å². The summed E-state index contributed by atoms with van der Waals surface area (Å²) in [5, 5.41) is 22.9. The fraction of sp³-hybridized carbons (Fsp3) is 0.167. The molecule has 0 aliphatic heterocycles. The van der Waals surface area contributed by atoms with Gasteiger partial charge in [0.2, 0.25) is 0 Å². The highest BCUT2D eigenvalue weighted by Gasteiger charge is 2.27. The Morgan fingerprint density at radius 1 is 0.778 bits per heavy atom. The molecule has 0 unspecified atom stereocenters. The van der Waals surface area contributed by atoms with Crippen molar-refractivity contribution in [3.8, 4) is 0 Å². The van der Waals surface area contributed by atoms with Crippen LogP contribution in [0.3, 0.4) is 0 Å². The number of rotatable bonds is 2. The number of non-ortho nitro benzene ring substituents is 2. The van der Waals surface area contributed by atoms with Crippen molar-refractivity contribution in [3.63, 3.8) is 0 Å². The van der Waals surface area contributed by atoms with Gasteiger partial charge in [0.15, 0.2) is 0 Å². The molecule has 6 nitrogen and oxygen atoms in total. The number of nitro benzene ring substituents is 2. The van der Waals surface area contributed by atoms with Crippen molar-refractivity contribution in [1.29, 1.82) is 0 Å². The molecule has 0 amide bonds. The minimum absolute atomic E-state index is 0.164. The van der Waals surface area contributed by atoms with Crippen molar-refractivity contribution in [2.45, 2.75) is 12.8 Å². The molecule has 0 radical (unpaired) electrons. The van der Waals surface area contributed by atoms with E-state index in [1.165, 1.54) is 12.1 Å². The van der Waals surface area contributed by atoms with E-state index in [1.54, 1.807) is 12.1 Å². The molecule has 0 bridgehead atoms. The lowest BCUT2D eigenvalue weighted by atomic mass is 10.0. The van der Waals surface area contributed by atoms with Crippen LogP contribution in [0.4, 0.5) is 11.4 Å². The average Bonchev–Trinajstić information content (AvgIpc) is 2.74. The van der Waals surface area contributed by atoms with Gasteiger partial charge in [-0.3, -0.25) is 20.2 Å². The van der Waals surface area contributed by atoms with Gasteiger partial charge < -0.3 is 0 Å². The highest BCUT2D eigenvalue weighted by molar-refractivity contribution is 6.03. The molecule has 0 atom stereocenters. The smallest absolute Gasteiger partial charge is 0.258 e. The molecule has 2 aromatic carbocycles. The Bertz CT molecular complexity index is 652. The number of aryl methyl sites for hydroxylation is 2. The third-order valence-corrected chi connectivity index (χ3v) is 3.35. The highest BCUT2D eigenvalue weighted by atomic mass is 16.6. The van der Waals surface area contributed by atoms with Crippen LogP contribution < -0.4 is 0 Å². The van der Waals surface area contributed by atoms with Crippen LogP contribution in [0, 0.1) is 20.2 Å². The zero-order valence-corrected chi connectivity index (χ0v) is 9.25. The first-order valence-electron chi connectivity index (χ1n) is 5.46. The van der Waals surface area contributed by atoms with Gasteiger partial charge >= 0.3 is 0 Å². The quantitative estimate of drug-likeness (QED) is 0.600. The van der Waals surface area contributed by atoms with Crippen molar-refractivity contribution >= 4 is 22.1 Å². The maximum atomic E-state index is 11.0. The van der Waals surface area contributed by atoms with Gasteiger partial charge in [-0.1, -0.05) is 12.1 Å². The Labute approximate surface area is 101 Å². The van der Waals surface area contributed by atoms with Gasteiger partial charge in [0, 0.05) is 17.5 Å². The molecule has 0 fully saturated rings. The van der Waals surface area contributed by atoms with E-state index >= 15 is 0 Å². The number of nitrogens with zero attached hydrogens (tertiary/aromatic N) is 2. The van der Waals surface area contributed by atoms with Crippen LogP contribution >= 0.6 is 0 Å². The van der Waals surface area contributed by atoms with E-state index in [2.05, 4.69) is 0 Å². The summed E-state index contributed by atoms with van der Waals surface area (Å²) in [7, 11) is 0. The predicted molar refractivity (Wildman–Crippen MR) is 64.7 cm³/mol. The second-order valence-electron chi connectivity index (χ2n) is 4.25. The van der Waals surface area contributed by atoms with Crippen molar-refractivity contribution in [3.05, 3.63) is 55.6 Å². The van der Waals surface area contributed by atoms with Gasteiger partial charge in [-0.15, -0.1) is 0 Å². The minimum Gasteiger partial charge on any atom is -0.258 e. The molecule has 6 heteroatoms. The Morgan fingerprint density at radius 3 is 1.61 bits per heavy atom. The summed E-state index contributed by atoms with van der Waals surface area (Å²) >= 11 is 0. The standard InChI is InChI=1S/C12H8N2O4/c15-13(16)9-5-3-7-1-2-8-4-6-10(14(17)18)12(9)11(7)8/h3-6H,1-2H2. The lowest BCUT2D eigenvalue weighted by Gasteiger charge is -2.03. The zero-order chi connectivity index (χ0) is 12.9. The maximum absolute atomic E-state index is 11.0. The summed E-state index contributed by atoms with van der Waals surface area (Å²) in [6.45, 7) is 0. The van der Waals surface area contributed by atoms with Gasteiger partial charge in [-0.05, 0) is 24.0 Å². The third kappa shape index (κ3) is 1.29. The van der Waals surface area contributed by atoms with E-state index in [0.29, 0.717) is 5.39 Å². The summed E-state index contributed by atoms with van der Waals surface area (Å²) < 4.78 is 0. The van der Waals surface area contributed by atoms with Crippen LogP contribution in [0.25, 0.3) is 10.8 Å². The predicted octanol–water partition coefficient (Wildman–Crippen LogP) is 2.75. The molecule has 0 N–H and O–H groups in total. The van der Waals surface area contributed by atoms with E-state index in [-0.39, 0.29) is 16.8 Å². The number of benzene rings is 2. The molecule has 0 saturated carbocycles. The number of hydrogen-bond donors (Lipinski definition) is 0.